The van der Waals surface area contributed by atoms with Gasteiger partial charge in [-0.25, -0.2) is 4.39 Å². The van der Waals surface area contributed by atoms with Crippen molar-refractivity contribution in [2.45, 2.75) is 25.9 Å². The van der Waals surface area contributed by atoms with Crippen LogP contribution >= 0.6 is 27.5 Å². The van der Waals surface area contributed by atoms with Crippen molar-refractivity contribution >= 4 is 27.5 Å². The van der Waals surface area contributed by atoms with Gasteiger partial charge in [0, 0.05) is 6.07 Å². The second kappa shape index (κ2) is 5.45. The Bertz CT molecular complexity index is 812. The molecule has 3 rings (SSSR count). The summed E-state index contributed by atoms with van der Waals surface area (Å²) in [5.74, 6) is -0.602. The normalized spacial score (nSPS) is 14.0. The number of hydrogen-bond donors (Lipinski definition) is 1. The van der Waals surface area contributed by atoms with Gasteiger partial charge in [-0.2, -0.15) is 5.26 Å². The maximum absolute atomic E-state index is 14.5. The predicted octanol–water partition coefficient (Wildman–Crippen LogP) is 4.06. The fraction of sp³-hybridized carbons (Fsp3) is 0.286. The smallest absolute Gasteiger partial charge is 0.152 e. The number of halogens is 3. The molecular weight excluding hydrogens is 377 g/mol. The highest BCUT2D eigenvalue weighted by molar-refractivity contribution is 9.10. The van der Waals surface area contributed by atoms with E-state index in [0.717, 1.165) is 12.8 Å². The lowest BCUT2D eigenvalue weighted by Gasteiger charge is -2.13. The first-order valence-corrected chi connectivity index (χ1v) is 7.64. The summed E-state index contributed by atoms with van der Waals surface area (Å²) in [6.07, 6.45) is 1.79. The van der Waals surface area contributed by atoms with Gasteiger partial charge in [-0.05, 0) is 35.7 Å². The van der Waals surface area contributed by atoms with E-state index in [1.165, 1.54) is 6.07 Å². The lowest BCUT2D eigenvalue weighted by Crippen LogP contribution is -2.04. The first-order chi connectivity index (χ1) is 10.4. The minimum atomic E-state index is -0.808. The average Bonchev–Trinajstić information content (AvgIpc) is 3.23. The highest BCUT2D eigenvalue weighted by Gasteiger charge is 2.30. The maximum Gasteiger partial charge on any atom is 0.152 e. The molecule has 1 heterocycles. The molecule has 0 radical (unpaired) electrons. The SMILES string of the molecule is Cc1nn(O)c(-c2c(F)c(Cl)cc(OC3CC3)c2C#N)c1Br. The van der Waals surface area contributed by atoms with Crippen LogP contribution in [-0.2, 0) is 0 Å². The van der Waals surface area contributed by atoms with Gasteiger partial charge < -0.3 is 9.94 Å². The van der Waals surface area contributed by atoms with Crippen LogP contribution in [0.25, 0.3) is 11.3 Å². The van der Waals surface area contributed by atoms with Crippen LogP contribution in [0.2, 0.25) is 5.02 Å². The van der Waals surface area contributed by atoms with E-state index in [0.29, 0.717) is 15.0 Å². The summed E-state index contributed by atoms with van der Waals surface area (Å²) < 4.78 is 20.5. The predicted molar refractivity (Wildman–Crippen MR) is 80.6 cm³/mol. The van der Waals surface area contributed by atoms with Gasteiger partial charge in [-0.1, -0.05) is 16.4 Å². The number of rotatable bonds is 3. The molecule has 0 unspecified atom stereocenters. The fourth-order valence-electron chi connectivity index (χ4n) is 2.10. The van der Waals surface area contributed by atoms with Crippen molar-refractivity contribution in [3.8, 4) is 23.1 Å². The molecule has 0 atom stereocenters. The van der Waals surface area contributed by atoms with Crippen LogP contribution in [0, 0.1) is 24.1 Å². The molecule has 1 aromatic heterocycles. The van der Waals surface area contributed by atoms with Crippen LogP contribution in [0.15, 0.2) is 10.5 Å². The summed E-state index contributed by atoms with van der Waals surface area (Å²) in [5, 5.41) is 22.9. The van der Waals surface area contributed by atoms with E-state index in [1.807, 2.05) is 6.07 Å². The van der Waals surface area contributed by atoms with Crippen molar-refractivity contribution in [1.82, 2.24) is 9.94 Å². The molecule has 0 aliphatic heterocycles. The number of aromatic nitrogens is 2. The number of aryl methyl sites for hydroxylation is 1. The van der Waals surface area contributed by atoms with Gasteiger partial charge in [-0.3, -0.25) is 0 Å². The highest BCUT2D eigenvalue weighted by atomic mass is 79.9. The van der Waals surface area contributed by atoms with Crippen LogP contribution in [0.1, 0.15) is 24.1 Å². The molecule has 22 heavy (non-hydrogen) atoms. The molecule has 0 spiro atoms. The number of benzene rings is 1. The molecule has 2 aromatic rings. The van der Waals surface area contributed by atoms with Crippen LogP contribution in [0.3, 0.4) is 0 Å². The Morgan fingerprint density at radius 3 is 2.77 bits per heavy atom. The van der Waals surface area contributed by atoms with Gasteiger partial charge in [0.1, 0.15) is 23.1 Å². The largest absolute Gasteiger partial charge is 0.489 e. The molecule has 1 fully saturated rings. The molecule has 1 saturated carbocycles. The second-order valence-electron chi connectivity index (χ2n) is 4.99. The summed E-state index contributed by atoms with van der Waals surface area (Å²) >= 11 is 9.17. The third-order valence-corrected chi connectivity index (χ3v) is 4.54. The van der Waals surface area contributed by atoms with Crippen molar-refractivity contribution in [3.05, 3.63) is 32.6 Å². The third kappa shape index (κ3) is 2.42. The molecule has 0 saturated heterocycles. The lowest BCUT2D eigenvalue weighted by atomic mass is 10.0. The van der Waals surface area contributed by atoms with Gasteiger partial charge in [0.05, 0.1) is 26.9 Å². The van der Waals surface area contributed by atoms with Crippen molar-refractivity contribution in [2.75, 3.05) is 0 Å². The van der Waals surface area contributed by atoms with Crippen LogP contribution in [-0.4, -0.2) is 21.3 Å². The van der Waals surface area contributed by atoms with Crippen LogP contribution in [0.5, 0.6) is 5.75 Å². The maximum atomic E-state index is 14.5. The van der Waals surface area contributed by atoms with Crippen molar-refractivity contribution in [3.63, 3.8) is 0 Å². The minimum absolute atomic E-state index is 0.0192. The summed E-state index contributed by atoms with van der Waals surface area (Å²) in [7, 11) is 0. The minimum Gasteiger partial charge on any atom is -0.489 e. The average molecular weight is 387 g/mol. The van der Waals surface area contributed by atoms with E-state index in [2.05, 4.69) is 21.0 Å². The Hall–Kier alpha value is -1.78. The van der Waals surface area contributed by atoms with Crippen molar-refractivity contribution < 1.29 is 14.3 Å². The zero-order valence-corrected chi connectivity index (χ0v) is 13.7. The van der Waals surface area contributed by atoms with E-state index in [-0.39, 0.29) is 33.7 Å². The Morgan fingerprint density at radius 2 is 2.27 bits per heavy atom. The molecule has 1 N–H and O–H groups in total. The lowest BCUT2D eigenvalue weighted by molar-refractivity contribution is 0.152. The van der Waals surface area contributed by atoms with Crippen LogP contribution < -0.4 is 4.74 Å². The zero-order valence-electron chi connectivity index (χ0n) is 11.4. The summed E-state index contributed by atoms with van der Waals surface area (Å²) in [4.78, 5) is 0.524. The number of nitrogens with zero attached hydrogens (tertiary/aromatic N) is 3. The van der Waals surface area contributed by atoms with Crippen molar-refractivity contribution in [2.24, 2.45) is 0 Å². The molecule has 1 aliphatic rings. The summed E-state index contributed by atoms with van der Waals surface area (Å²) in [6, 6.07) is 3.22. The second-order valence-corrected chi connectivity index (χ2v) is 6.19. The van der Waals surface area contributed by atoms with E-state index < -0.39 is 5.82 Å². The van der Waals surface area contributed by atoms with Gasteiger partial charge in [0.25, 0.3) is 0 Å². The van der Waals surface area contributed by atoms with E-state index in [9.17, 15) is 14.9 Å². The van der Waals surface area contributed by atoms with E-state index >= 15 is 0 Å². The fourth-order valence-corrected chi connectivity index (χ4v) is 2.73. The molecule has 1 aliphatic carbocycles. The highest BCUT2D eigenvalue weighted by Crippen LogP contribution is 2.42. The van der Waals surface area contributed by atoms with Gasteiger partial charge in [0.2, 0.25) is 0 Å². The topological polar surface area (TPSA) is 71.1 Å². The van der Waals surface area contributed by atoms with Crippen molar-refractivity contribution in [1.29, 1.82) is 5.26 Å². The summed E-state index contributed by atoms with van der Waals surface area (Å²) in [6.45, 7) is 1.64. The first kappa shape index (κ1) is 15.1. The molecule has 0 bridgehead atoms. The molecule has 0 amide bonds. The van der Waals surface area contributed by atoms with Gasteiger partial charge in [-0.15, -0.1) is 5.10 Å². The molecule has 114 valence electrons. The zero-order chi connectivity index (χ0) is 16.0. The quantitative estimate of drug-likeness (QED) is 0.807. The van der Waals surface area contributed by atoms with Gasteiger partial charge >= 0.3 is 0 Å². The Kier molecular flexibility index (Phi) is 3.75. The molecule has 1 aromatic carbocycles. The summed E-state index contributed by atoms with van der Waals surface area (Å²) in [5.41, 5.74) is 0.311. The van der Waals surface area contributed by atoms with Gasteiger partial charge in [0.15, 0.2) is 5.82 Å². The van der Waals surface area contributed by atoms with Crippen LogP contribution in [0.4, 0.5) is 4.39 Å². The van der Waals surface area contributed by atoms with E-state index in [4.69, 9.17) is 16.3 Å². The standard InChI is InChI=1S/C14H10BrClFN3O2/c1-6-12(15)14(20(21)19-6)11-8(5-18)10(22-7-2-3-7)4-9(16)13(11)17/h4,7,21H,2-3H2,1H3. The Morgan fingerprint density at radius 1 is 1.59 bits per heavy atom. The Balaban J connectivity index is 2.29. The number of nitriles is 1. The molecular formula is C14H10BrClFN3O2. The Labute approximate surface area is 139 Å². The number of ether oxygens (including phenoxy) is 1. The molecule has 5 nitrogen and oxygen atoms in total. The number of hydrogen-bond acceptors (Lipinski definition) is 4. The molecule has 8 heteroatoms. The monoisotopic (exact) mass is 385 g/mol. The third-order valence-electron chi connectivity index (χ3n) is 3.32. The van der Waals surface area contributed by atoms with E-state index in [1.54, 1.807) is 6.92 Å². The first-order valence-electron chi connectivity index (χ1n) is 6.47.